The van der Waals surface area contributed by atoms with Gasteiger partial charge in [0.25, 0.3) is 5.91 Å². The highest BCUT2D eigenvalue weighted by molar-refractivity contribution is 7.16. The fourth-order valence-electron chi connectivity index (χ4n) is 3.09. The number of rotatable bonds is 4. The second-order valence-corrected chi connectivity index (χ2v) is 7.81. The molecule has 0 aliphatic carbocycles. The first-order chi connectivity index (χ1) is 11.8. The van der Waals surface area contributed by atoms with Gasteiger partial charge in [0.05, 0.1) is 22.3 Å². The van der Waals surface area contributed by atoms with Gasteiger partial charge in [-0.3, -0.25) is 4.79 Å². The molecule has 1 amide bonds. The Balaban J connectivity index is 1.63. The van der Waals surface area contributed by atoms with Crippen molar-refractivity contribution in [3.63, 3.8) is 0 Å². The standard InChI is InChI=1S/C18H18N2O2S2/c21-18(13-3-4-16-17(10-13)24-12-19-16)20(11-15-2-1-9-23-15)14-5-7-22-8-6-14/h1-4,9-10,12,14H,5-8,11H2. The van der Waals surface area contributed by atoms with Crippen molar-refractivity contribution in [1.82, 2.24) is 9.88 Å². The van der Waals surface area contributed by atoms with E-state index in [1.807, 2.05) is 34.7 Å². The number of amides is 1. The molecule has 124 valence electrons. The summed E-state index contributed by atoms with van der Waals surface area (Å²) in [6.07, 6.45) is 1.81. The highest BCUT2D eigenvalue weighted by Crippen LogP contribution is 2.25. The minimum atomic E-state index is 0.102. The normalized spacial score (nSPS) is 15.7. The summed E-state index contributed by atoms with van der Waals surface area (Å²) in [5, 5.41) is 2.06. The van der Waals surface area contributed by atoms with Crippen LogP contribution >= 0.6 is 22.7 Å². The Labute approximate surface area is 148 Å². The average Bonchev–Trinajstić information content (AvgIpc) is 3.30. The van der Waals surface area contributed by atoms with Crippen molar-refractivity contribution < 1.29 is 9.53 Å². The lowest BCUT2D eigenvalue weighted by molar-refractivity contribution is 0.0270. The van der Waals surface area contributed by atoms with Gasteiger partial charge in [0.2, 0.25) is 0 Å². The minimum Gasteiger partial charge on any atom is -0.381 e. The third kappa shape index (κ3) is 3.22. The molecule has 1 saturated heterocycles. The third-order valence-corrected chi connectivity index (χ3v) is 6.03. The molecular weight excluding hydrogens is 340 g/mol. The van der Waals surface area contributed by atoms with Crippen molar-refractivity contribution in [2.24, 2.45) is 0 Å². The largest absolute Gasteiger partial charge is 0.381 e. The quantitative estimate of drug-likeness (QED) is 0.703. The second kappa shape index (κ2) is 7.01. The highest BCUT2D eigenvalue weighted by Gasteiger charge is 2.27. The van der Waals surface area contributed by atoms with Crippen LogP contribution in [0.3, 0.4) is 0 Å². The monoisotopic (exact) mass is 358 g/mol. The summed E-state index contributed by atoms with van der Waals surface area (Å²) in [7, 11) is 0. The van der Waals surface area contributed by atoms with Gasteiger partial charge in [-0.15, -0.1) is 22.7 Å². The molecule has 3 aromatic rings. The molecule has 2 aromatic heterocycles. The fraction of sp³-hybridized carbons (Fsp3) is 0.333. The number of hydrogen-bond acceptors (Lipinski definition) is 5. The van der Waals surface area contributed by atoms with Crippen LogP contribution in [0.4, 0.5) is 0 Å². The maximum absolute atomic E-state index is 13.2. The number of carbonyl (C=O) groups excluding carboxylic acids is 1. The smallest absolute Gasteiger partial charge is 0.254 e. The van der Waals surface area contributed by atoms with Crippen molar-refractivity contribution >= 4 is 38.8 Å². The molecule has 0 spiro atoms. The summed E-state index contributed by atoms with van der Waals surface area (Å²) < 4.78 is 6.53. The fourth-order valence-corrected chi connectivity index (χ4v) is 4.51. The van der Waals surface area contributed by atoms with E-state index < -0.39 is 0 Å². The average molecular weight is 358 g/mol. The zero-order chi connectivity index (χ0) is 16.4. The van der Waals surface area contributed by atoms with Crippen LogP contribution in [-0.4, -0.2) is 35.0 Å². The van der Waals surface area contributed by atoms with E-state index in [0.29, 0.717) is 6.54 Å². The van der Waals surface area contributed by atoms with Crippen LogP contribution in [0.2, 0.25) is 0 Å². The van der Waals surface area contributed by atoms with Crippen molar-refractivity contribution in [2.45, 2.75) is 25.4 Å². The number of aromatic nitrogens is 1. The number of benzene rings is 1. The van der Waals surface area contributed by atoms with Crippen molar-refractivity contribution in [3.8, 4) is 0 Å². The summed E-state index contributed by atoms with van der Waals surface area (Å²) in [5.41, 5.74) is 3.52. The number of ether oxygens (including phenoxy) is 1. The predicted octanol–water partition coefficient (Wildman–Crippen LogP) is 4.18. The summed E-state index contributed by atoms with van der Waals surface area (Å²) in [6, 6.07) is 10.2. The molecule has 4 nitrogen and oxygen atoms in total. The molecule has 1 aliphatic rings. The van der Waals surface area contributed by atoms with Crippen molar-refractivity contribution in [2.75, 3.05) is 13.2 Å². The van der Waals surface area contributed by atoms with Gasteiger partial charge in [-0.2, -0.15) is 0 Å². The first kappa shape index (κ1) is 15.7. The topological polar surface area (TPSA) is 42.4 Å². The van der Waals surface area contributed by atoms with Crippen LogP contribution in [0.5, 0.6) is 0 Å². The van der Waals surface area contributed by atoms with Gasteiger partial charge >= 0.3 is 0 Å². The number of thiazole rings is 1. The van der Waals surface area contributed by atoms with E-state index in [1.54, 1.807) is 22.7 Å². The van der Waals surface area contributed by atoms with E-state index in [-0.39, 0.29) is 11.9 Å². The molecule has 3 heterocycles. The van der Waals surface area contributed by atoms with E-state index in [2.05, 4.69) is 16.4 Å². The Morgan fingerprint density at radius 2 is 2.12 bits per heavy atom. The number of fused-ring (bicyclic) bond motifs is 1. The molecule has 0 bridgehead atoms. The molecule has 0 saturated carbocycles. The van der Waals surface area contributed by atoms with Gasteiger partial charge in [0.1, 0.15) is 0 Å². The van der Waals surface area contributed by atoms with E-state index in [4.69, 9.17) is 4.74 Å². The van der Waals surface area contributed by atoms with E-state index in [1.165, 1.54) is 4.88 Å². The molecule has 1 aromatic carbocycles. The Morgan fingerprint density at radius 3 is 2.92 bits per heavy atom. The maximum Gasteiger partial charge on any atom is 0.254 e. The predicted molar refractivity (Wildman–Crippen MR) is 97.7 cm³/mol. The number of carbonyl (C=O) groups is 1. The third-order valence-electron chi connectivity index (χ3n) is 4.38. The number of thiophene rings is 1. The van der Waals surface area contributed by atoms with E-state index in [9.17, 15) is 4.79 Å². The van der Waals surface area contributed by atoms with Gasteiger partial charge in [0, 0.05) is 29.7 Å². The van der Waals surface area contributed by atoms with Crippen molar-refractivity contribution in [3.05, 3.63) is 51.7 Å². The van der Waals surface area contributed by atoms with Crippen LogP contribution in [0.15, 0.2) is 41.2 Å². The minimum absolute atomic E-state index is 0.102. The van der Waals surface area contributed by atoms with Gasteiger partial charge in [0.15, 0.2) is 0 Å². The highest BCUT2D eigenvalue weighted by atomic mass is 32.1. The number of nitrogens with zero attached hydrogens (tertiary/aromatic N) is 2. The van der Waals surface area contributed by atoms with Gasteiger partial charge in [-0.25, -0.2) is 4.98 Å². The van der Waals surface area contributed by atoms with Crippen LogP contribution < -0.4 is 0 Å². The van der Waals surface area contributed by atoms with Gasteiger partial charge in [-0.05, 0) is 42.5 Å². The Kier molecular flexibility index (Phi) is 4.60. The molecule has 4 rings (SSSR count). The van der Waals surface area contributed by atoms with Gasteiger partial charge < -0.3 is 9.64 Å². The Morgan fingerprint density at radius 1 is 1.25 bits per heavy atom. The van der Waals surface area contributed by atoms with Crippen molar-refractivity contribution in [1.29, 1.82) is 0 Å². The molecule has 24 heavy (non-hydrogen) atoms. The SMILES string of the molecule is O=C(c1ccc2ncsc2c1)N(Cc1cccs1)C1CCOCC1. The zero-order valence-electron chi connectivity index (χ0n) is 13.2. The summed E-state index contributed by atoms with van der Waals surface area (Å²) >= 11 is 3.27. The Hall–Kier alpha value is -1.76. The molecule has 1 aliphatic heterocycles. The summed E-state index contributed by atoms with van der Waals surface area (Å²) in [4.78, 5) is 20.7. The number of hydrogen-bond donors (Lipinski definition) is 0. The van der Waals surface area contributed by atoms with E-state index in [0.717, 1.165) is 41.8 Å². The molecule has 0 radical (unpaired) electrons. The molecule has 1 fully saturated rings. The van der Waals surface area contributed by atoms with Crippen LogP contribution in [-0.2, 0) is 11.3 Å². The Bertz CT molecular complexity index is 823. The van der Waals surface area contributed by atoms with Gasteiger partial charge in [-0.1, -0.05) is 6.07 Å². The first-order valence-electron chi connectivity index (χ1n) is 8.05. The lowest BCUT2D eigenvalue weighted by Crippen LogP contribution is -2.42. The second-order valence-electron chi connectivity index (χ2n) is 5.89. The molecule has 6 heteroatoms. The first-order valence-corrected chi connectivity index (χ1v) is 9.81. The molecular formula is C18H18N2O2S2. The summed E-state index contributed by atoms with van der Waals surface area (Å²) in [5.74, 6) is 0.102. The maximum atomic E-state index is 13.2. The zero-order valence-corrected chi connectivity index (χ0v) is 14.8. The van der Waals surface area contributed by atoms with E-state index >= 15 is 0 Å². The lowest BCUT2D eigenvalue weighted by Gasteiger charge is -2.34. The molecule has 0 atom stereocenters. The molecule has 0 unspecified atom stereocenters. The lowest BCUT2D eigenvalue weighted by atomic mass is 10.0. The van der Waals surface area contributed by atoms with Crippen LogP contribution in [0.1, 0.15) is 28.1 Å². The van der Waals surface area contributed by atoms with Crippen LogP contribution in [0.25, 0.3) is 10.2 Å². The molecule has 0 N–H and O–H groups in total. The summed E-state index contributed by atoms with van der Waals surface area (Å²) in [6.45, 7) is 2.13. The van der Waals surface area contributed by atoms with Crippen LogP contribution in [0, 0.1) is 0 Å².